The van der Waals surface area contributed by atoms with E-state index in [0.29, 0.717) is 19.5 Å². The molecule has 76 valence electrons. The molecule has 0 spiro atoms. The molecule has 5 heteroatoms. The summed E-state index contributed by atoms with van der Waals surface area (Å²) < 4.78 is 13.3. The Bertz CT molecular complexity index is 229. The number of hydrogen-bond acceptors (Lipinski definition) is 2. The predicted octanol–water partition coefficient (Wildman–Crippen LogP) is 0.465. The van der Waals surface area contributed by atoms with Crippen LogP contribution < -0.4 is 0 Å². The van der Waals surface area contributed by atoms with Gasteiger partial charge in [0.1, 0.15) is 0 Å². The summed E-state index contributed by atoms with van der Waals surface area (Å²) in [6, 6.07) is 0. The van der Waals surface area contributed by atoms with Crippen LogP contribution in [0, 0.1) is 5.92 Å². The fraction of sp³-hybridized carbons (Fsp3) is 0.875. The Morgan fingerprint density at radius 3 is 2.62 bits per heavy atom. The number of nitrogens with zero attached hydrogens (tertiary/aromatic N) is 1. The summed E-state index contributed by atoms with van der Waals surface area (Å²) in [7, 11) is -1.01. The molecule has 13 heavy (non-hydrogen) atoms. The summed E-state index contributed by atoms with van der Waals surface area (Å²) in [4.78, 5) is 10.6. The summed E-state index contributed by atoms with van der Waals surface area (Å²) in [6.45, 7) is 4.83. The van der Waals surface area contributed by atoms with Crippen LogP contribution in [0.1, 0.15) is 20.3 Å². The van der Waals surface area contributed by atoms with Gasteiger partial charge in [-0.3, -0.25) is 4.79 Å². The third-order valence-electron chi connectivity index (χ3n) is 2.16. The van der Waals surface area contributed by atoms with Gasteiger partial charge >= 0.3 is 5.97 Å². The molecular weight excluding hydrogens is 190 g/mol. The topological polar surface area (TPSA) is 57.6 Å². The van der Waals surface area contributed by atoms with Gasteiger partial charge in [-0.2, -0.15) is 0 Å². The van der Waals surface area contributed by atoms with Crippen molar-refractivity contribution in [1.29, 1.82) is 0 Å². The second-order valence-electron chi connectivity index (χ2n) is 3.54. The van der Waals surface area contributed by atoms with Gasteiger partial charge in [0, 0.05) is 18.3 Å². The number of hydrogen-bond donors (Lipinski definition) is 1. The van der Waals surface area contributed by atoms with Crippen LogP contribution in [0.2, 0.25) is 0 Å². The van der Waals surface area contributed by atoms with Crippen LogP contribution in [-0.2, 0) is 15.8 Å². The highest BCUT2D eigenvalue weighted by atomic mass is 32.2. The Morgan fingerprint density at radius 2 is 2.23 bits per heavy atom. The Balaban J connectivity index is 2.50. The average molecular weight is 205 g/mol. The van der Waals surface area contributed by atoms with Crippen LogP contribution in [0.25, 0.3) is 0 Å². The van der Waals surface area contributed by atoms with Crippen molar-refractivity contribution in [2.45, 2.75) is 25.5 Å². The molecule has 1 fully saturated rings. The molecule has 1 saturated heterocycles. The first-order chi connectivity index (χ1) is 6.02. The highest BCUT2D eigenvalue weighted by Gasteiger charge is 2.31. The van der Waals surface area contributed by atoms with E-state index in [9.17, 15) is 9.00 Å². The van der Waals surface area contributed by atoms with E-state index in [1.807, 2.05) is 13.8 Å². The Labute approximate surface area is 80.5 Å². The van der Waals surface area contributed by atoms with E-state index in [4.69, 9.17) is 5.11 Å². The van der Waals surface area contributed by atoms with Crippen molar-refractivity contribution in [2.75, 3.05) is 13.1 Å². The van der Waals surface area contributed by atoms with Gasteiger partial charge in [-0.15, -0.1) is 0 Å². The quantitative estimate of drug-likeness (QED) is 0.728. The molecule has 0 saturated carbocycles. The summed E-state index contributed by atoms with van der Waals surface area (Å²) >= 11 is 0. The second-order valence-corrected chi connectivity index (χ2v) is 5.55. The molecular formula is C8H15NO3S. The smallest absolute Gasteiger partial charge is 0.307 e. The van der Waals surface area contributed by atoms with E-state index in [1.165, 1.54) is 0 Å². The first-order valence-electron chi connectivity index (χ1n) is 4.41. The molecule has 2 atom stereocenters. The van der Waals surface area contributed by atoms with Gasteiger partial charge in [-0.05, 0) is 20.3 Å². The van der Waals surface area contributed by atoms with Crippen LogP contribution in [-0.4, -0.2) is 37.9 Å². The standard InChI is InChI=1S/C8H15NO3S/c1-6(2)13(12)9-4-3-7(5-9)8(10)11/h6-7H,3-5H2,1-2H3,(H,10,11). The van der Waals surface area contributed by atoms with Crippen LogP contribution in [0.5, 0.6) is 0 Å². The molecule has 0 radical (unpaired) electrons. The predicted molar refractivity (Wildman–Crippen MR) is 50.6 cm³/mol. The normalized spacial score (nSPS) is 26.5. The van der Waals surface area contributed by atoms with E-state index < -0.39 is 17.0 Å². The molecule has 0 aromatic rings. The Morgan fingerprint density at radius 1 is 1.62 bits per heavy atom. The molecule has 2 unspecified atom stereocenters. The van der Waals surface area contributed by atoms with Gasteiger partial charge < -0.3 is 5.11 Å². The molecule has 0 bridgehead atoms. The summed E-state index contributed by atoms with van der Waals surface area (Å²) in [5.74, 6) is -1.11. The lowest BCUT2D eigenvalue weighted by Gasteiger charge is -2.16. The van der Waals surface area contributed by atoms with E-state index >= 15 is 0 Å². The number of carbonyl (C=O) groups is 1. The number of carboxylic acid groups (broad SMARTS) is 1. The van der Waals surface area contributed by atoms with Gasteiger partial charge in [0.15, 0.2) is 0 Å². The maximum atomic E-state index is 11.6. The van der Waals surface area contributed by atoms with Crippen molar-refractivity contribution in [3.63, 3.8) is 0 Å². The maximum Gasteiger partial charge on any atom is 0.307 e. The zero-order valence-electron chi connectivity index (χ0n) is 7.90. The van der Waals surface area contributed by atoms with Gasteiger partial charge in [-0.25, -0.2) is 8.51 Å². The van der Waals surface area contributed by atoms with Crippen molar-refractivity contribution in [3.05, 3.63) is 0 Å². The first kappa shape index (κ1) is 10.7. The van der Waals surface area contributed by atoms with Gasteiger partial charge in [0.2, 0.25) is 0 Å². The van der Waals surface area contributed by atoms with Crippen molar-refractivity contribution in [3.8, 4) is 0 Å². The first-order valence-corrected chi connectivity index (χ1v) is 5.57. The fourth-order valence-corrected chi connectivity index (χ4v) is 2.60. The number of aliphatic carboxylic acids is 1. The van der Waals surface area contributed by atoms with Gasteiger partial charge in [0.05, 0.1) is 16.9 Å². The minimum Gasteiger partial charge on any atom is -0.481 e. The number of carboxylic acids is 1. The lowest BCUT2D eigenvalue weighted by Crippen LogP contribution is -2.29. The Kier molecular flexibility index (Phi) is 3.44. The maximum absolute atomic E-state index is 11.6. The van der Waals surface area contributed by atoms with E-state index in [1.54, 1.807) is 4.31 Å². The third-order valence-corrected chi connectivity index (χ3v) is 3.81. The van der Waals surface area contributed by atoms with Crippen molar-refractivity contribution in [2.24, 2.45) is 5.92 Å². The number of rotatable bonds is 3. The summed E-state index contributed by atoms with van der Waals surface area (Å²) in [5, 5.41) is 8.80. The molecule has 0 aliphatic carbocycles. The molecule has 0 aromatic heterocycles. The van der Waals surface area contributed by atoms with Gasteiger partial charge in [-0.1, -0.05) is 0 Å². The minimum atomic E-state index is -1.01. The fourth-order valence-electron chi connectivity index (χ4n) is 1.39. The molecule has 1 rings (SSSR count). The highest BCUT2D eigenvalue weighted by molar-refractivity contribution is 7.83. The van der Waals surface area contributed by atoms with Crippen LogP contribution >= 0.6 is 0 Å². The van der Waals surface area contributed by atoms with Gasteiger partial charge in [0.25, 0.3) is 0 Å². The molecule has 1 aliphatic heterocycles. The second kappa shape index (κ2) is 4.19. The summed E-state index contributed by atoms with van der Waals surface area (Å²) in [5.41, 5.74) is 0. The van der Waals surface area contributed by atoms with Crippen molar-refractivity contribution < 1.29 is 14.1 Å². The van der Waals surface area contributed by atoms with E-state index in [2.05, 4.69) is 0 Å². The Hall–Kier alpha value is -0.420. The van der Waals surface area contributed by atoms with Crippen molar-refractivity contribution in [1.82, 2.24) is 4.31 Å². The SMILES string of the molecule is CC(C)S(=O)N1CCC(C(=O)O)C1. The van der Waals surface area contributed by atoms with E-state index in [0.717, 1.165) is 0 Å². The third kappa shape index (κ3) is 2.51. The zero-order valence-corrected chi connectivity index (χ0v) is 8.71. The molecule has 1 N–H and O–H groups in total. The molecule has 4 nitrogen and oxygen atoms in total. The van der Waals surface area contributed by atoms with Crippen LogP contribution in [0.4, 0.5) is 0 Å². The van der Waals surface area contributed by atoms with E-state index in [-0.39, 0.29) is 11.2 Å². The largest absolute Gasteiger partial charge is 0.481 e. The molecule has 0 aromatic carbocycles. The van der Waals surface area contributed by atoms with Crippen molar-refractivity contribution >= 4 is 17.0 Å². The van der Waals surface area contributed by atoms with Crippen LogP contribution in [0.15, 0.2) is 0 Å². The summed E-state index contributed by atoms with van der Waals surface area (Å²) in [6.07, 6.45) is 0.619. The molecule has 0 amide bonds. The minimum absolute atomic E-state index is 0.0764. The molecule has 1 heterocycles. The van der Waals surface area contributed by atoms with Crippen LogP contribution in [0.3, 0.4) is 0 Å². The lowest BCUT2D eigenvalue weighted by molar-refractivity contribution is -0.141. The monoisotopic (exact) mass is 205 g/mol. The highest BCUT2D eigenvalue weighted by Crippen LogP contribution is 2.19. The average Bonchev–Trinajstić information content (AvgIpc) is 2.50. The lowest BCUT2D eigenvalue weighted by atomic mass is 10.1. The molecule has 1 aliphatic rings. The zero-order chi connectivity index (χ0) is 10.0.